The Labute approximate surface area is 219 Å². The van der Waals surface area contributed by atoms with E-state index in [1.54, 1.807) is 19.1 Å². The van der Waals surface area contributed by atoms with Crippen molar-refractivity contribution in [3.05, 3.63) is 67.5 Å². The van der Waals surface area contributed by atoms with Gasteiger partial charge < -0.3 is 24.3 Å². The van der Waals surface area contributed by atoms with E-state index in [0.29, 0.717) is 41.0 Å². The van der Waals surface area contributed by atoms with Crippen LogP contribution in [0.1, 0.15) is 69.3 Å². The quantitative estimate of drug-likeness (QED) is 0.362. The van der Waals surface area contributed by atoms with Crippen molar-refractivity contribution >= 4 is 16.9 Å². The van der Waals surface area contributed by atoms with Crippen molar-refractivity contribution in [1.29, 1.82) is 0 Å². The lowest BCUT2D eigenvalue weighted by atomic mass is 9.85. The molecule has 0 amide bonds. The molecular weight excluding hydrogens is 489 g/mol. The predicted octanol–water partition coefficient (Wildman–Crippen LogP) is 3.32. The normalized spacial score (nSPS) is 20.8. The summed E-state index contributed by atoms with van der Waals surface area (Å²) in [6, 6.07) is 6.31. The van der Waals surface area contributed by atoms with Crippen LogP contribution in [-0.4, -0.2) is 32.8 Å². The number of carbonyl (C=O) groups excluding carboxylic acids is 1. The third kappa shape index (κ3) is 3.74. The highest BCUT2D eigenvalue weighted by Crippen LogP contribution is 2.39. The SMILES string of the molecule is CC[C@@]1(O)C(=O)OCc2c1cc1n(c2=O)Cc2c-1c(=O)c1cc(F)ccc1n2[C@@H](CNC1CC1)CC(C)C. The van der Waals surface area contributed by atoms with Gasteiger partial charge in [0.25, 0.3) is 5.56 Å². The fourth-order valence-electron chi connectivity index (χ4n) is 6.10. The molecule has 1 aromatic carbocycles. The molecule has 9 heteroatoms. The summed E-state index contributed by atoms with van der Waals surface area (Å²) >= 11 is 0. The van der Waals surface area contributed by atoms with Gasteiger partial charge in [-0.05, 0) is 55.9 Å². The summed E-state index contributed by atoms with van der Waals surface area (Å²) in [6.45, 7) is 6.54. The van der Waals surface area contributed by atoms with Gasteiger partial charge in [-0.1, -0.05) is 20.8 Å². The van der Waals surface area contributed by atoms with Crippen LogP contribution in [0.15, 0.2) is 33.9 Å². The minimum atomic E-state index is -1.97. The maximum absolute atomic E-state index is 14.4. The van der Waals surface area contributed by atoms with Crippen molar-refractivity contribution in [1.82, 2.24) is 14.5 Å². The fraction of sp³-hybridized carbons (Fsp3) is 0.483. The molecule has 1 aliphatic carbocycles. The van der Waals surface area contributed by atoms with E-state index >= 15 is 0 Å². The number of carbonyl (C=O) groups is 1. The molecule has 0 radical (unpaired) electrons. The molecule has 3 aromatic rings. The van der Waals surface area contributed by atoms with Crippen LogP contribution in [0.4, 0.5) is 4.39 Å². The van der Waals surface area contributed by atoms with E-state index in [-0.39, 0.29) is 47.6 Å². The molecule has 1 saturated carbocycles. The molecule has 0 unspecified atom stereocenters. The Morgan fingerprint density at radius 3 is 2.66 bits per heavy atom. The third-order valence-corrected chi connectivity index (χ3v) is 8.20. The first kappa shape index (κ1) is 25.0. The molecule has 38 heavy (non-hydrogen) atoms. The number of aliphatic hydroxyl groups is 1. The number of halogens is 1. The molecule has 2 N–H and O–H groups in total. The number of hydrogen-bond acceptors (Lipinski definition) is 6. The second-order valence-corrected chi connectivity index (χ2v) is 11.3. The smallest absolute Gasteiger partial charge is 0.343 e. The summed E-state index contributed by atoms with van der Waals surface area (Å²) in [5.74, 6) is -0.967. The Kier molecular flexibility index (Phi) is 5.84. The second-order valence-electron chi connectivity index (χ2n) is 11.3. The fourth-order valence-corrected chi connectivity index (χ4v) is 6.10. The zero-order valence-corrected chi connectivity index (χ0v) is 21.8. The number of fused-ring (bicyclic) bond motifs is 5. The number of nitrogens with one attached hydrogen (secondary N) is 1. The molecule has 2 aromatic heterocycles. The third-order valence-electron chi connectivity index (χ3n) is 8.20. The van der Waals surface area contributed by atoms with Gasteiger partial charge in [-0.3, -0.25) is 9.59 Å². The first-order chi connectivity index (χ1) is 18.1. The molecule has 0 saturated heterocycles. The topological polar surface area (TPSA) is 103 Å². The molecule has 1 fully saturated rings. The van der Waals surface area contributed by atoms with Gasteiger partial charge >= 0.3 is 5.97 Å². The monoisotopic (exact) mass is 521 g/mol. The van der Waals surface area contributed by atoms with E-state index in [1.807, 2.05) is 0 Å². The molecule has 6 rings (SSSR count). The van der Waals surface area contributed by atoms with E-state index in [4.69, 9.17) is 4.74 Å². The Hall–Kier alpha value is -3.30. The molecule has 2 atom stereocenters. The van der Waals surface area contributed by atoms with Gasteiger partial charge in [0.15, 0.2) is 11.0 Å². The van der Waals surface area contributed by atoms with E-state index in [1.165, 1.54) is 16.7 Å². The Morgan fingerprint density at radius 2 is 1.97 bits per heavy atom. The van der Waals surface area contributed by atoms with Gasteiger partial charge in [-0.2, -0.15) is 0 Å². The van der Waals surface area contributed by atoms with Crippen molar-refractivity contribution in [2.75, 3.05) is 6.54 Å². The first-order valence-corrected chi connectivity index (χ1v) is 13.4. The van der Waals surface area contributed by atoms with Crippen LogP contribution in [0.3, 0.4) is 0 Å². The summed E-state index contributed by atoms with van der Waals surface area (Å²) < 4.78 is 23.3. The van der Waals surface area contributed by atoms with Crippen molar-refractivity contribution in [2.45, 2.75) is 77.3 Å². The lowest BCUT2D eigenvalue weighted by Crippen LogP contribution is -2.44. The summed E-state index contributed by atoms with van der Waals surface area (Å²) in [6.07, 6.45) is 3.11. The molecule has 200 valence electrons. The summed E-state index contributed by atoms with van der Waals surface area (Å²) in [7, 11) is 0. The summed E-state index contributed by atoms with van der Waals surface area (Å²) in [5.41, 5.74) is -0.361. The highest BCUT2D eigenvalue weighted by atomic mass is 19.1. The van der Waals surface area contributed by atoms with Gasteiger partial charge in [0.1, 0.15) is 12.4 Å². The van der Waals surface area contributed by atoms with Gasteiger partial charge in [0.05, 0.1) is 34.6 Å². The molecule has 2 aliphatic heterocycles. The number of aromatic nitrogens is 2. The van der Waals surface area contributed by atoms with E-state index in [0.717, 1.165) is 19.3 Å². The molecular formula is C29H32FN3O5. The van der Waals surface area contributed by atoms with Gasteiger partial charge in [0, 0.05) is 29.6 Å². The van der Waals surface area contributed by atoms with Crippen LogP contribution in [0, 0.1) is 11.7 Å². The molecule has 3 aliphatic rings. The first-order valence-electron chi connectivity index (χ1n) is 13.4. The van der Waals surface area contributed by atoms with E-state index < -0.39 is 22.9 Å². The van der Waals surface area contributed by atoms with Crippen LogP contribution in [0.25, 0.3) is 22.2 Å². The number of benzene rings is 1. The minimum absolute atomic E-state index is 0.0189. The zero-order valence-electron chi connectivity index (χ0n) is 21.8. The lowest BCUT2D eigenvalue weighted by molar-refractivity contribution is -0.172. The maximum Gasteiger partial charge on any atom is 0.343 e. The van der Waals surface area contributed by atoms with Crippen LogP contribution < -0.4 is 16.3 Å². The van der Waals surface area contributed by atoms with Crippen LogP contribution in [0.5, 0.6) is 0 Å². The average Bonchev–Trinajstić information content (AvgIpc) is 3.63. The van der Waals surface area contributed by atoms with Crippen molar-refractivity contribution in [3.63, 3.8) is 0 Å². The highest BCUT2D eigenvalue weighted by Gasteiger charge is 2.45. The minimum Gasteiger partial charge on any atom is -0.458 e. The van der Waals surface area contributed by atoms with E-state index in [2.05, 4.69) is 23.7 Å². The number of ether oxygens (including phenoxy) is 1. The number of esters is 1. The highest BCUT2D eigenvalue weighted by molar-refractivity contribution is 5.88. The van der Waals surface area contributed by atoms with Crippen LogP contribution in [0.2, 0.25) is 0 Å². The Bertz CT molecular complexity index is 1600. The predicted molar refractivity (Wildman–Crippen MR) is 140 cm³/mol. The van der Waals surface area contributed by atoms with Crippen molar-refractivity contribution < 1.29 is 19.0 Å². The summed E-state index contributed by atoms with van der Waals surface area (Å²) in [5, 5.41) is 15.0. The van der Waals surface area contributed by atoms with Crippen LogP contribution in [-0.2, 0) is 28.3 Å². The number of hydrogen-bond donors (Lipinski definition) is 2. The van der Waals surface area contributed by atoms with Gasteiger partial charge in [0.2, 0.25) is 0 Å². The molecule has 8 nitrogen and oxygen atoms in total. The molecule has 4 heterocycles. The number of cyclic esters (lactones) is 1. The lowest BCUT2D eigenvalue weighted by Gasteiger charge is -2.31. The van der Waals surface area contributed by atoms with E-state index in [9.17, 15) is 23.9 Å². The number of nitrogens with zero attached hydrogens (tertiary/aromatic N) is 2. The largest absolute Gasteiger partial charge is 0.458 e. The Balaban J connectivity index is 1.64. The zero-order chi connectivity index (χ0) is 26.9. The van der Waals surface area contributed by atoms with Gasteiger partial charge in [-0.25, -0.2) is 9.18 Å². The summed E-state index contributed by atoms with van der Waals surface area (Å²) in [4.78, 5) is 40.1. The van der Waals surface area contributed by atoms with Gasteiger partial charge in [-0.15, -0.1) is 0 Å². The van der Waals surface area contributed by atoms with Crippen LogP contribution >= 0.6 is 0 Å². The molecule has 0 spiro atoms. The average molecular weight is 522 g/mol. The Morgan fingerprint density at radius 1 is 1.21 bits per heavy atom. The number of rotatable bonds is 7. The second kappa shape index (κ2) is 8.88. The molecule has 0 bridgehead atoms. The standard InChI is InChI=1S/C29H32FN3O5/c1-4-29(37)21-11-23-25-24(13-32(23)27(35)20(21)14-38-28(29)36)33(18(9-15(2)3)12-31-17-6-7-17)22-8-5-16(30)10-19(22)26(25)34/h5,8,10-11,15,17-18,31,37H,4,6-7,9,12-14H2,1-3H3/t18-,29+/m1/s1. The maximum atomic E-state index is 14.4. The van der Waals surface area contributed by atoms with Crippen molar-refractivity contribution in [2.24, 2.45) is 5.92 Å². The number of pyridine rings is 2. The van der Waals surface area contributed by atoms with Crippen molar-refractivity contribution in [3.8, 4) is 11.3 Å².